The molecule has 0 saturated carbocycles. The van der Waals surface area contributed by atoms with Crippen LogP contribution in [0.3, 0.4) is 0 Å². The molecule has 0 bridgehead atoms. The molecule has 0 radical (unpaired) electrons. The number of carbonyl (C=O) groups is 1. The Morgan fingerprint density at radius 1 is 1.16 bits per heavy atom. The molecule has 1 aliphatic heterocycles. The molecule has 1 amide bonds. The zero-order valence-corrected chi connectivity index (χ0v) is 14.2. The maximum Gasteiger partial charge on any atom is 0.274 e. The number of rotatable bonds is 2. The third-order valence-electron chi connectivity index (χ3n) is 4.20. The third-order valence-corrected chi connectivity index (χ3v) is 4.44. The minimum atomic E-state index is -0.105. The largest absolute Gasteiger partial charge is 0.331 e. The molecular weight excluding hydrogens is 338 g/mol. The summed E-state index contributed by atoms with van der Waals surface area (Å²) in [6.07, 6.45) is 5.44. The number of amides is 1. The first-order valence-corrected chi connectivity index (χ1v) is 8.46. The zero-order chi connectivity index (χ0) is 17.2. The molecule has 0 aliphatic carbocycles. The average molecular weight is 354 g/mol. The molecule has 25 heavy (non-hydrogen) atoms. The highest BCUT2D eigenvalue weighted by Gasteiger charge is 2.22. The van der Waals surface area contributed by atoms with Crippen LogP contribution in [0.2, 0.25) is 5.02 Å². The van der Waals surface area contributed by atoms with Crippen LogP contribution >= 0.6 is 11.6 Å². The third kappa shape index (κ3) is 3.25. The van der Waals surface area contributed by atoms with Gasteiger partial charge in [-0.3, -0.25) is 14.5 Å². The molecular formula is C18H16ClN5O. The quantitative estimate of drug-likeness (QED) is 0.710. The van der Waals surface area contributed by atoms with Crippen LogP contribution in [0.15, 0.2) is 48.9 Å². The fourth-order valence-electron chi connectivity index (χ4n) is 3.00. The van der Waals surface area contributed by atoms with Crippen LogP contribution in [0.1, 0.15) is 22.6 Å². The van der Waals surface area contributed by atoms with Gasteiger partial charge in [-0.2, -0.15) is 5.10 Å². The van der Waals surface area contributed by atoms with Crippen LogP contribution in [0, 0.1) is 0 Å². The lowest BCUT2D eigenvalue weighted by Crippen LogP contribution is -2.31. The van der Waals surface area contributed by atoms with Gasteiger partial charge in [-0.15, -0.1) is 0 Å². The van der Waals surface area contributed by atoms with E-state index in [1.165, 1.54) is 12.4 Å². The molecule has 2 aromatic heterocycles. The minimum Gasteiger partial charge on any atom is -0.331 e. The van der Waals surface area contributed by atoms with E-state index in [2.05, 4.69) is 15.1 Å². The molecule has 0 atom stereocenters. The van der Waals surface area contributed by atoms with E-state index in [0.717, 1.165) is 29.9 Å². The highest BCUT2D eigenvalue weighted by Crippen LogP contribution is 2.24. The monoisotopic (exact) mass is 353 g/mol. The van der Waals surface area contributed by atoms with Crippen LogP contribution in [-0.2, 0) is 13.1 Å². The smallest absolute Gasteiger partial charge is 0.274 e. The Labute approximate surface area is 150 Å². The molecule has 126 valence electrons. The van der Waals surface area contributed by atoms with Crippen molar-refractivity contribution in [3.05, 3.63) is 65.3 Å². The van der Waals surface area contributed by atoms with Gasteiger partial charge in [0.15, 0.2) is 0 Å². The summed E-state index contributed by atoms with van der Waals surface area (Å²) >= 11 is 6.08. The lowest BCUT2D eigenvalue weighted by molar-refractivity contribution is 0.0739. The highest BCUT2D eigenvalue weighted by molar-refractivity contribution is 6.30. The van der Waals surface area contributed by atoms with Crippen molar-refractivity contribution in [2.75, 3.05) is 6.54 Å². The second-order valence-electron chi connectivity index (χ2n) is 5.93. The Bertz CT molecular complexity index is 909. The molecule has 3 heterocycles. The Morgan fingerprint density at radius 2 is 2.08 bits per heavy atom. The number of nitrogens with zero attached hydrogens (tertiary/aromatic N) is 5. The van der Waals surface area contributed by atoms with Gasteiger partial charge in [0.1, 0.15) is 5.69 Å². The van der Waals surface area contributed by atoms with Gasteiger partial charge >= 0.3 is 0 Å². The molecule has 0 fully saturated rings. The summed E-state index contributed by atoms with van der Waals surface area (Å²) in [6, 6.07) is 9.65. The second-order valence-corrected chi connectivity index (χ2v) is 6.36. The summed E-state index contributed by atoms with van der Waals surface area (Å²) in [4.78, 5) is 22.6. The lowest BCUT2D eigenvalue weighted by Gasteiger charge is -2.19. The maximum atomic E-state index is 12.7. The fraction of sp³-hybridized carbons (Fsp3) is 0.222. The van der Waals surface area contributed by atoms with Gasteiger partial charge in [0, 0.05) is 36.1 Å². The van der Waals surface area contributed by atoms with Crippen molar-refractivity contribution in [1.29, 1.82) is 0 Å². The molecule has 0 spiro atoms. The predicted octanol–water partition coefficient (Wildman–Crippen LogP) is 3.04. The van der Waals surface area contributed by atoms with Crippen LogP contribution in [0.4, 0.5) is 0 Å². The number of halogens is 1. The lowest BCUT2D eigenvalue weighted by atomic mass is 10.1. The number of hydrogen-bond acceptors (Lipinski definition) is 4. The van der Waals surface area contributed by atoms with Gasteiger partial charge in [-0.1, -0.05) is 23.7 Å². The Balaban J connectivity index is 1.61. The highest BCUT2D eigenvalue weighted by atomic mass is 35.5. The van der Waals surface area contributed by atoms with Gasteiger partial charge in [-0.05, 0) is 24.6 Å². The maximum absolute atomic E-state index is 12.7. The van der Waals surface area contributed by atoms with Crippen molar-refractivity contribution in [2.24, 2.45) is 0 Å². The number of benzene rings is 1. The number of hydrogen-bond donors (Lipinski definition) is 0. The van der Waals surface area contributed by atoms with Gasteiger partial charge in [0.25, 0.3) is 5.91 Å². The molecule has 4 rings (SSSR count). The second kappa shape index (κ2) is 6.64. The van der Waals surface area contributed by atoms with E-state index < -0.39 is 0 Å². The van der Waals surface area contributed by atoms with Crippen molar-refractivity contribution >= 4 is 17.5 Å². The molecule has 1 aliphatic rings. The van der Waals surface area contributed by atoms with Crippen molar-refractivity contribution in [1.82, 2.24) is 24.6 Å². The summed E-state index contributed by atoms with van der Waals surface area (Å²) in [5.41, 5.74) is 3.21. The van der Waals surface area contributed by atoms with Crippen molar-refractivity contribution < 1.29 is 4.79 Å². The van der Waals surface area contributed by atoms with Crippen LogP contribution < -0.4 is 0 Å². The molecule has 3 aromatic rings. The summed E-state index contributed by atoms with van der Waals surface area (Å²) in [5.74, 6) is -0.105. The van der Waals surface area contributed by atoms with E-state index >= 15 is 0 Å². The van der Waals surface area contributed by atoms with E-state index in [0.29, 0.717) is 23.8 Å². The number of aryl methyl sites for hydroxylation is 1. The van der Waals surface area contributed by atoms with Crippen LogP contribution in [0.5, 0.6) is 0 Å². The number of aromatic nitrogens is 4. The Morgan fingerprint density at radius 3 is 2.88 bits per heavy atom. The van der Waals surface area contributed by atoms with Gasteiger partial charge < -0.3 is 4.90 Å². The topological polar surface area (TPSA) is 63.9 Å². The molecule has 7 heteroatoms. The van der Waals surface area contributed by atoms with Crippen molar-refractivity contribution in [3.8, 4) is 11.3 Å². The average Bonchev–Trinajstić information content (AvgIpc) is 2.94. The molecule has 6 nitrogen and oxygen atoms in total. The first-order chi connectivity index (χ1) is 12.2. The number of carbonyl (C=O) groups excluding carboxylic acids is 1. The van der Waals surface area contributed by atoms with E-state index in [4.69, 9.17) is 11.6 Å². The summed E-state index contributed by atoms with van der Waals surface area (Å²) in [6.45, 7) is 1.95. The van der Waals surface area contributed by atoms with Crippen molar-refractivity contribution in [3.63, 3.8) is 0 Å². The minimum absolute atomic E-state index is 0.105. The summed E-state index contributed by atoms with van der Waals surface area (Å²) < 4.78 is 1.97. The van der Waals surface area contributed by atoms with Crippen molar-refractivity contribution in [2.45, 2.75) is 19.5 Å². The normalized spacial score (nSPS) is 14.0. The number of fused-ring (bicyclic) bond motifs is 1. The fourth-order valence-corrected chi connectivity index (χ4v) is 3.19. The SMILES string of the molecule is O=C(c1cnccn1)N1CCCn2nc(-c3cccc(Cl)c3)cc2C1. The van der Waals surface area contributed by atoms with E-state index in [-0.39, 0.29) is 5.91 Å². The van der Waals surface area contributed by atoms with Gasteiger partial charge in [-0.25, -0.2) is 4.98 Å². The standard InChI is InChI=1S/C18H16ClN5O/c19-14-4-1-3-13(9-14)16-10-15-12-23(7-2-8-24(15)22-16)18(25)17-11-20-5-6-21-17/h1,3-6,9-11H,2,7-8,12H2. The Hall–Kier alpha value is -2.73. The molecule has 0 N–H and O–H groups in total. The Kier molecular flexibility index (Phi) is 4.19. The molecule has 0 unspecified atom stereocenters. The van der Waals surface area contributed by atoms with E-state index in [9.17, 15) is 4.79 Å². The van der Waals surface area contributed by atoms with Gasteiger partial charge in [0.2, 0.25) is 0 Å². The first-order valence-electron chi connectivity index (χ1n) is 8.09. The van der Waals surface area contributed by atoms with E-state index in [1.54, 1.807) is 11.1 Å². The summed E-state index contributed by atoms with van der Waals surface area (Å²) in [5, 5.41) is 5.36. The molecule has 1 aromatic carbocycles. The van der Waals surface area contributed by atoms with Gasteiger partial charge in [0.05, 0.1) is 24.1 Å². The van der Waals surface area contributed by atoms with E-state index in [1.807, 2.05) is 35.0 Å². The zero-order valence-electron chi connectivity index (χ0n) is 13.5. The van der Waals surface area contributed by atoms with Crippen LogP contribution in [0.25, 0.3) is 11.3 Å². The first kappa shape index (κ1) is 15.8. The molecule has 0 saturated heterocycles. The predicted molar refractivity (Wildman–Crippen MR) is 94.1 cm³/mol. The summed E-state index contributed by atoms with van der Waals surface area (Å²) in [7, 11) is 0. The van der Waals surface area contributed by atoms with Crippen LogP contribution in [-0.4, -0.2) is 37.1 Å².